The van der Waals surface area contributed by atoms with E-state index >= 15 is 0 Å². The van der Waals surface area contributed by atoms with Crippen LogP contribution in [0.2, 0.25) is 0 Å². The summed E-state index contributed by atoms with van der Waals surface area (Å²) in [4.78, 5) is 11.6. The van der Waals surface area contributed by atoms with Crippen LogP contribution in [0.5, 0.6) is 0 Å². The lowest BCUT2D eigenvalue weighted by atomic mass is 10.1. The minimum Gasteiger partial charge on any atom is -0.352 e. The Kier molecular flexibility index (Phi) is 5.62. The van der Waals surface area contributed by atoms with Crippen LogP contribution in [-0.4, -0.2) is 25.5 Å². The molecule has 3 nitrogen and oxygen atoms in total. The second-order valence-electron chi connectivity index (χ2n) is 4.29. The largest absolute Gasteiger partial charge is 0.352 e. The van der Waals surface area contributed by atoms with Gasteiger partial charge in [-0.3, -0.25) is 4.79 Å². The van der Waals surface area contributed by atoms with Crippen molar-refractivity contribution in [1.29, 1.82) is 0 Å². The zero-order valence-corrected chi connectivity index (χ0v) is 10.8. The maximum Gasteiger partial charge on any atom is 0.254 e. The van der Waals surface area contributed by atoms with Crippen molar-refractivity contribution in [3.05, 3.63) is 35.1 Å². The molecular weight excluding hydrogens is 281 g/mol. The van der Waals surface area contributed by atoms with Crippen molar-refractivity contribution in [2.24, 2.45) is 5.92 Å². The van der Waals surface area contributed by atoms with E-state index in [4.69, 9.17) is 0 Å². The molecule has 1 atom stereocenters. The highest BCUT2D eigenvalue weighted by Gasteiger charge is 2.20. The second-order valence-corrected chi connectivity index (χ2v) is 4.29. The van der Waals surface area contributed by atoms with Gasteiger partial charge in [-0.2, -0.15) is 0 Å². The molecule has 19 heavy (non-hydrogen) atoms. The van der Waals surface area contributed by atoms with E-state index in [9.17, 15) is 18.0 Å². The molecular formula is C12H14ClF3N2O. The number of hydrogen-bond acceptors (Lipinski definition) is 2. The fraction of sp³-hybridized carbons (Fsp3) is 0.417. The molecule has 106 valence electrons. The molecule has 0 saturated carbocycles. The molecule has 0 aliphatic carbocycles. The fourth-order valence-electron chi connectivity index (χ4n) is 1.92. The fourth-order valence-corrected chi connectivity index (χ4v) is 1.92. The van der Waals surface area contributed by atoms with E-state index in [0.29, 0.717) is 12.5 Å². The van der Waals surface area contributed by atoms with Crippen molar-refractivity contribution in [2.75, 3.05) is 19.6 Å². The quantitative estimate of drug-likeness (QED) is 0.836. The Morgan fingerprint density at radius 2 is 2.05 bits per heavy atom. The van der Waals surface area contributed by atoms with E-state index in [-0.39, 0.29) is 12.4 Å². The number of carbonyl (C=O) groups is 1. The normalized spacial score (nSPS) is 17.9. The van der Waals surface area contributed by atoms with Crippen molar-refractivity contribution < 1.29 is 18.0 Å². The van der Waals surface area contributed by atoms with Gasteiger partial charge in [0, 0.05) is 6.54 Å². The smallest absolute Gasteiger partial charge is 0.254 e. The number of rotatable bonds is 3. The van der Waals surface area contributed by atoms with Gasteiger partial charge >= 0.3 is 0 Å². The van der Waals surface area contributed by atoms with Gasteiger partial charge in [0.25, 0.3) is 5.91 Å². The van der Waals surface area contributed by atoms with Crippen molar-refractivity contribution in [2.45, 2.75) is 6.42 Å². The van der Waals surface area contributed by atoms with E-state index in [1.165, 1.54) is 0 Å². The van der Waals surface area contributed by atoms with Crippen LogP contribution >= 0.6 is 12.4 Å². The minimum atomic E-state index is -1.62. The Labute approximate surface area is 115 Å². The maximum atomic E-state index is 13.3. The van der Waals surface area contributed by atoms with Crippen LogP contribution < -0.4 is 10.6 Å². The summed E-state index contributed by atoms with van der Waals surface area (Å²) in [7, 11) is 0. The summed E-state index contributed by atoms with van der Waals surface area (Å²) >= 11 is 0. The summed E-state index contributed by atoms with van der Waals surface area (Å²) in [5.74, 6) is -4.80. The summed E-state index contributed by atoms with van der Waals surface area (Å²) in [6, 6.07) is 1.68. The Bertz CT molecular complexity index is 465. The van der Waals surface area contributed by atoms with Gasteiger partial charge in [-0.1, -0.05) is 0 Å². The molecule has 1 heterocycles. The number of nitrogens with one attached hydrogen (secondary N) is 2. The molecule has 1 amide bonds. The van der Waals surface area contributed by atoms with Gasteiger partial charge in [0.15, 0.2) is 17.5 Å². The second kappa shape index (κ2) is 6.77. The highest BCUT2D eigenvalue weighted by Crippen LogP contribution is 2.15. The first-order valence-electron chi connectivity index (χ1n) is 5.72. The Morgan fingerprint density at radius 1 is 1.32 bits per heavy atom. The number of amides is 1. The van der Waals surface area contributed by atoms with E-state index in [1.807, 2.05) is 0 Å². The summed E-state index contributed by atoms with van der Waals surface area (Å²) in [5.41, 5.74) is -0.472. The van der Waals surface area contributed by atoms with Crippen LogP contribution in [0.1, 0.15) is 16.8 Å². The molecule has 1 unspecified atom stereocenters. The molecule has 0 radical (unpaired) electrons. The van der Waals surface area contributed by atoms with E-state index in [1.54, 1.807) is 0 Å². The Balaban J connectivity index is 0.00000180. The molecule has 0 spiro atoms. The third-order valence-corrected chi connectivity index (χ3v) is 2.99. The average Bonchev–Trinajstić information content (AvgIpc) is 2.86. The van der Waals surface area contributed by atoms with Crippen molar-refractivity contribution >= 4 is 18.3 Å². The van der Waals surface area contributed by atoms with E-state index < -0.39 is 28.9 Å². The average molecular weight is 295 g/mol. The molecule has 2 N–H and O–H groups in total. The van der Waals surface area contributed by atoms with Gasteiger partial charge in [-0.25, -0.2) is 13.2 Å². The van der Waals surface area contributed by atoms with Gasteiger partial charge in [0.1, 0.15) is 0 Å². The number of carbonyl (C=O) groups excluding carboxylic acids is 1. The van der Waals surface area contributed by atoms with Crippen molar-refractivity contribution in [1.82, 2.24) is 10.6 Å². The van der Waals surface area contributed by atoms with Gasteiger partial charge < -0.3 is 10.6 Å². The third kappa shape index (κ3) is 3.61. The first-order chi connectivity index (χ1) is 8.59. The molecule has 1 aromatic carbocycles. The molecule has 1 aromatic rings. The van der Waals surface area contributed by atoms with Gasteiger partial charge in [-0.15, -0.1) is 12.4 Å². The zero-order chi connectivity index (χ0) is 13.1. The van der Waals surface area contributed by atoms with E-state index in [0.717, 1.165) is 31.6 Å². The highest BCUT2D eigenvalue weighted by atomic mass is 35.5. The minimum absolute atomic E-state index is 0. The number of halogens is 4. The lowest BCUT2D eigenvalue weighted by molar-refractivity contribution is 0.0943. The van der Waals surface area contributed by atoms with Gasteiger partial charge in [-0.05, 0) is 37.6 Å². The maximum absolute atomic E-state index is 13.3. The summed E-state index contributed by atoms with van der Waals surface area (Å²) in [5, 5.41) is 5.65. The van der Waals surface area contributed by atoms with Crippen LogP contribution in [-0.2, 0) is 0 Å². The molecule has 2 rings (SSSR count). The number of benzene rings is 1. The molecule has 1 saturated heterocycles. The highest BCUT2D eigenvalue weighted by molar-refractivity contribution is 5.94. The lowest BCUT2D eigenvalue weighted by Crippen LogP contribution is -2.31. The predicted molar refractivity (Wildman–Crippen MR) is 66.9 cm³/mol. The Morgan fingerprint density at radius 3 is 2.68 bits per heavy atom. The molecule has 7 heteroatoms. The van der Waals surface area contributed by atoms with Crippen LogP contribution in [0.3, 0.4) is 0 Å². The van der Waals surface area contributed by atoms with Crippen LogP contribution in [0.25, 0.3) is 0 Å². The summed E-state index contributed by atoms with van der Waals surface area (Å²) in [6.45, 7) is 2.07. The lowest BCUT2D eigenvalue weighted by Gasteiger charge is -2.10. The molecule has 1 aliphatic rings. The first kappa shape index (κ1) is 15.8. The third-order valence-electron chi connectivity index (χ3n) is 2.99. The standard InChI is InChI=1S/C12H13F3N2O.ClH/c13-9-2-1-8(10(14)11(9)15)12(18)17-6-7-3-4-16-5-7;/h1-2,7,16H,3-6H2,(H,17,18);1H. The molecule has 1 aliphatic heterocycles. The first-order valence-corrected chi connectivity index (χ1v) is 5.72. The zero-order valence-electron chi connectivity index (χ0n) is 10.0. The van der Waals surface area contributed by atoms with Crippen LogP contribution in [0, 0.1) is 23.4 Å². The number of hydrogen-bond donors (Lipinski definition) is 2. The summed E-state index contributed by atoms with van der Waals surface area (Å²) < 4.78 is 39.0. The SMILES string of the molecule is Cl.O=C(NCC1CCNC1)c1ccc(F)c(F)c1F. The van der Waals surface area contributed by atoms with Crippen molar-refractivity contribution in [3.8, 4) is 0 Å². The van der Waals surface area contributed by atoms with Crippen molar-refractivity contribution in [3.63, 3.8) is 0 Å². The topological polar surface area (TPSA) is 41.1 Å². The monoisotopic (exact) mass is 294 g/mol. The molecule has 1 fully saturated rings. The van der Waals surface area contributed by atoms with Gasteiger partial charge in [0.05, 0.1) is 5.56 Å². The summed E-state index contributed by atoms with van der Waals surface area (Å²) in [6.07, 6.45) is 0.931. The molecule has 0 aromatic heterocycles. The predicted octanol–water partition coefficient (Wildman–Crippen LogP) is 1.86. The van der Waals surface area contributed by atoms with Crippen LogP contribution in [0.4, 0.5) is 13.2 Å². The molecule has 0 bridgehead atoms. The Hall–Kier alpha value is -1.27. The van der Waals surface area contributed by atoms with Crippen LogP contribution in [0.15, 0.2) is 12.1 Å². The van der Waals surface area contributed by atoms with E-state index in [2.05, 4.69) is 10.6 Å². The van der Waals surface area contributed by atoms with Gasteiger partial charge in [0.2, 0.25) is 0 Å².